The van der Waals surface area contributed by atoms with Crippen LogP contribution >= 0.6 is 0 Å². The molecule has 1 aromatic carbocycles. The molecule has 146 valence electrons. The minimum absolute atomic E-state index is 0.0225. The van der Waals surface area contributed by atoms with Gasteiger partial charge in [-0.3, -0.25) is 10.1 Å². The number of hydrogen-bond acceptors (Lipinski definition) is 7. The van der Waals surface area contributed by atoms with Crippen molar-refractivity contribution >= 4 is 28.9 Å². The SMILES string of the molecule is CC(C)(C)OC(=O)NCC1CCCCN1c1nc2cc([N+](=O)[O-])ccc2o1. The highest BCUT2D eigenvalue weighted by molar-refractivity contribution is 5.77. The zero-order valence-electron chi connectivity index (χ0n) is 15.7. The minimum atomic E-state index is -0.550. The van der Waals surface area contributed by atoms with E-state index in [9.17, 15) is 14.9 Å². The summed E-state index contributed by atoms with van der Waals surface area (Å²) in [4.78, 5) is 28.8. The number of hydrogen-bond donors (Lipinski definition) is 1. The van der Waals surface area contributed by atoms with E-state index in [1.807, 2.05) is 25.7 Å². The molecule has 3 rings (SSSR count). The summed E-state index contributed by atoms with van der Waals surface area (Å²) in [6.45, 7) is 6.61. The van der Waals surface area contributed by atoms with Crippen LogP contribution in [0.1, 0.15) is 40.0 Å². The predicted octanol–water partition coefficient (Wildman–Crippen LogP) is 3.62. The molecule has 1 fully saturated rings. The second-order valence-electron chi connectivity index (χ2n) is 7.63. The molecular weight excluding hydrogens is 352 g/mol. The first-order valence-corrected chi connectivity index (χ1v) is 9.01. The van der Waals surface area contributed by atoms with Gasteiger partial charge in [-0.25, -0.2) is 4.79 Å². The summed E-state index contributed by atoms with van der Waals surface area (Å²) in [6, 6.07) is 4.80. The number of alkyl carbamates (subject to hydrolysis) is 1. The van der Waals surface area contributed by atoms with Crippen LogP contribution in [0.5, 0.6) is 0 Å². The number of nitro benzene ring substituents is 1. The number of amides is 1. The Balaban J connectivity index is 1.74. The first kappa shape index (κ1) is 18.9. The van der Waals surface area contributed by atoms with E-state index in [0.717, 1.165) is 25.8 Å². The Hall–Kier alpha value is -2.84. The van der Waals surface area contributed by atoms with Crippen molar-refractivity contribution in [3.05, 3.63) is 28.3 Å². The average molecular weight is 376 g/mol. The Morgan fingerprint density at radius 1 is 1.44 bits per heavy atom. The number of non-ortho nitro benzene ring substituents is 1. The molecule has 1 unspecified atom stereocenters. The maximum absolute atomic E-state index is 11.9. The minimum Gasteiger partial charge on any atom is -0.444 e. The molecule has 1 saturated heterocycles. The highest BCUT2D eigenvalue weighted by atomic mass is 16.6. The van der Waals surface area contributed by atoms with Gasteiger partial charge in [0, 0.05) is 25.2 Å². The Labute approximate surface area is 156 Å². The molecule has 1 N–H and O–H groups in total. The van der Waals surface area contributed by atoms with Gasteiger partial charge in [-0.05, 0) is 46.1 Å². The van der Waals surface area contributed by atoms with E-state index in [-0.39, 0.29) is 11.7 Å². The zero-order valence-corrected chi connectivity index (χ0v) is 15.7. The molecule has 1 aliphatic heterocycles. The number of fused-ring (bicyclic) bond motifs is 1. The number of aromatic nitrogens is 1. The number of carbonyl (C=O) groups excluding carboxylic acids is 1. The van der Waals surface area contributed by atoms with Gasteiger partial charge < -0.3 is 19.4 Å². The Morgan fingerprint density at radius 3 is 2.93 bits per heavy atom. The van der Waals surface area contributed by atoms with Crippen LogP contribution in [-0.2, 0) is 4.74 Å². The highest BCUT2D eigenvalue weighted by Crippen LogP contribution is 2.29. The normalized spacial score (nSPS) is 17.7. The maximum atomic E-state index is 11.9. The summed E-state index contributed by atoms with van der Waals surface area (Å²) < 4.78 is 11.1. The smallest absolute Gasteiger partial charge is 0.407 e. The summed E-state index contributed by atoms with van der Waals surface area (Å²) >= 11 is 0. The number of piperidine rings is 1. The Kier molecular flexibility index (Phi) is 5.20. The van der Waals surface area contributed by atoms with Gasteiger partial charge in [-0.15, -0.1) is 0 Å². The molecule has 1 aromatic heterocycles. The number of oxazole rings is 1. The fourth-order valence-electron chi connectivity index (χ4n) is 3.12. The molecule has 0 bridgehead atoms. The quantitative estimate of drug-likeness (QED) is 0.641. The van der Waals surface area contributed by atoms with E-state index in [2.05, 4.69) is 10.3 Å². The van der Waals surface area contributed by atoms with Gasteiger partial charge in [0.1, 0.15) is 11.1 Å². The van der Waals surface area contributed by atoms with E-state index in [1.165, 1.54) is 12.1 Å². The van der Waals surface area contributed by atoms with Gasteiger partial charge in [0.2, 0.25) is 0 Å². The summed E-state index contributed by atoms with van der Waals surface area (Å²) in [5, 5.41) is 13.7. The van der Waals surface area contributed by atoms with Crippen molar-refractivity contribution in [3.63, 3.8) is 0 Å². The number of nitrogens with zero attached hydrogens (tertiary/aromatic N) is 3. The van der Waals surface area contributed by atoms with Crippen LogP contribution in [0.15, 0.2) is 22.6 Å². The lowest BCUT2D eigenvalue weighted by Gasteiger charge is -2.34. The standard InChI is InChI=1S/C18H24N4O5/c1-18(2,3)27-17(23)19-11-13-6-4-5-9-21(13)16-20-14-10-12(22(24)25)7-8-15(14)26-16/h7-8,10,13H,4-6,9,11H2,1-3H3,(H,19,23). The van der Waals surface area contributed by atoms with Crippen molar-refractivity contribution < 1.29 is 18.9 Å². The molecule has 0 aliphatic carbocycles. The molecule has 1 aliphatic rings. The van der Waals surface area contributed by atoms with Gasteiger partial charge in [-0.1, -0.05) is 0 Å². The first-order valence-electron chi connectivity index (χ1n) is 9.01. The van der Waals surface area contributed by atoms with Crippen LogP contribution in [0, 0.1) is 10.1 Å². The lowest BCUT2D eigenvalue weighted by atomic mass is 10.0. The van der Waals surface area contributed by atoms with Gasteiger partial charge in [-0.2, -0.15) is 4.98 Å². The van der Waals surface area contributed by atoms with Crippen molar-refractivity contribution in [2.75, 3.05) is 18.0 Å². The van der Waals surface area contributed by atoms with Crippen LogP contribution in [0.3, 0.4) is 0 Å². The molecule has 1 amide bonds. The maximum Gasteiger partial charge on any atom is 0.407 e. The van der Waals surface area contributed by atoms with Crippen LogP contribution in [0.4, 0.5) is 16.5 Å². The Morgan fingerprint density at radius 2 is 2.22 bits per heavy atom. The van der Waals surface area contributed by atoms with Crippen LogP contribution in [0.25, 0.3) is 11.1 Å². The van der Waals surface area contributed by atoms with Gasteiger partial charge >= 0.3 is 6.09 Å². The van der Waals surface area contributed by atoms with Crippen molar-refractivity contribution in [2.45, 2.75) is 51.7 Å². The summed E-state index contributed by atoms with van der Waals surface area (Å²) in [5.74, 6) is 0. The average Bonchev–Trinajstić information content (AvgIpc) is 3.01. The molecular formula is C18H24N4O5. The molecule has 2 aromatic rings. The lowest BCUT2D eigenvalue weighted by Crippen LogP contribution is -2.47. The molecule has 27 heavy (non-hydrogen) atoms. The molecule has 1 atom stereocenters. The summed E-state index contributed by atoms with van der Waals surface area (Å²) in [6.07, 6.45) is 2.46. The number of ether oxygens (including phenoxy) is 1. The highest BCUT2D eigenvalue weighted by Gasteiger charge is 2.28. The van der Waals surface area contributed by atoms with Crippen molar-refractivity contribution in [1.82, 2.24) is 10.3 Å². The number of benzene rings is 1. The summed E-state index contributed by atoms with van der Waals surface area (Å²) in [7, 11) is 0. The van der Waals surface area contributed by atoms with Crippen molar-refractivity contribution in [1.29, 1.82) is 0 Å². The number of rotatable bonds is 4. The second-order valence-corrected chi connectivity index (χ2v) is 7.63. The molecule has 0 radical (unpaired) electrons. The third-order valence-electron chi connectivity index (χ3n) is 4.32. The van der Waals surface area contributed by atoms with E-state index in [1.54, 1.807) is 6.07 Å². The molecule has 9 nitrogen and oxygen atoms in total. The van der Waals surface area contributed by atoms with Crippen molar-refractivity contribution in [3.8, 4) is 0 Å². The van der Waals surface area contributed by atoms with Crippen LogP contribution in [0.2, 0.25) is 0 Å². The monoisotopic (exact) mass is 376 g/mol. The fraction of sp³-hybridized carbons (Fsp3) is 0.556. The number of carbonyl (C=O) groups is 1. The molecule has 9 heteroatoms. The van der Waals surface area contributed by atoms with Gasteiger partial charge in [0.25, 0.3) is 11.7 Å². The fourth-order valence-corrected chi connectivity index (χ4v) is 3.12. The molecule has 0 saturated carbocycles. The predicted molar refractivity (Wildman–Crippen MR) is 99.9 cm³/mol. The van der Waals surface area contributed by atoms with Gasteiger partial charge in [0.05, 0.1) is 11.0 Å². The van der Waals surface area contributed by atoms with Crippen LogP contribution < -0.4 is 10.2 Å². The third-order valence-corrected chi connectivity index (χ3v) is 4.32. The molecule has 2 heterocycles. The number of anilines is 1. The van der Waals surface area contributed by atoms with E-state index >= 15 is 0 Å². The van der Waals surface area contributed by atoms with Crippen molar-refractivity contribution in [2.24, 2.45) is 0 Å². The molecule has 0 spiro atoms. The third kappa shape index (κ3) is 4.66. The summed E-state index contributed by atoms with van der Waals surface area (Å²) in [5.41, 5.74) is 0.374. The second kappa shape index (κ2) is 7.42. The first-order chi connectivity index (χ1) is 12.7. The van der Waals surface area contributed by atoms with E-state index in [0.29, 0.717) is 23.7 Å². The zero-order chi connectivity index (χ0) is 19.6. The van der Waals surface area contributed by atoms with E-state index < -0.39 is 16.6 Å². The van der Waals surface area contributed by atoms with Crippen LogP contribution in [-0.4, -0.2) is 40.7 Å². The largest absolute Gasteiger partial charge is 0.444 e. The van der Waals surface area contributed by atoms with Gasteiger partial charge in [0.15, 0.2) is 5.58 Å². The number of nitro groups is 1. The Bertz CT molecular complexity index is 842. The van der Waals surface area contributed by atoms with E-state index in [4.69, 9.17) is 9.15 Å². The topological polar surface area (TPSA) is 111 Å². The number of nitrogens with one attached hydrogen (secondary N) is 1. The lowest BCUT2D eigenvalue weighted by molar-refractivity contribution is -0.384.